The first-order chi connectivity index (χ1) is 19.7. The first kappa shape index (κ1) is 39.9. The Kier molecular flexibility index (Phi) is 19.0. The Morgan fingerprint density at radius 3 is 1.71 bits per heavy atom. The quantitative estimate of drug-likeness (QED) is 0.0391. The van der Waals surface area contributed by atoms with Crippen molar-refractivity contribution in [2.75, 3.05) is 19.8 Å². The van der Waals surface area contributed by atoms with Crippen molar-refractivity contribution in [1.82, 2.24) is 0 Å². The van der Waals surface area contributed by atoms with E-state index >= 15 is 0 Å². The fourth-order valence-corrected chi connectivity index (χ4v) is 7.12. The van der Waals surface area contributed by atoms with Gasteiger partial charge in [-0.3, -0.25) is 18.9 Å². The lowest BCUT2D eigenvalue weighted by atomic mass is 9.61. The van der Waals surface area contributed by atoms with Crippen molar-refractivity contribution in [2.24, 2.45) is 17.3 Å². The minimum atomic E-state index is -5.70. The topological polar surface area (TPSA) is 247 Å². The number of carbonyl (C=O) groups is 3. The van der Waals surface area contributed by atoms with Crippen LogP contribution in [0.3, 0.4) is 0 Å². The molecular formula is C28H50O13S. The zero-order valence-corrected chi connectivity index (χ0v) is 25.3. The molecule has 0 saturated carbocycles. The maximum Gasteiger partial charge on any atom is 0.328 e. The van der Waals surface area contributed by atoms with E-state index in [1.54, 1.807) is 0 Å². The summed E-state index contributed by atoms with van der Waals surface area (Å²) >= 11 is 0. The molecular weight excluding hydrogens is 576 g/mol. The number of aliphatic hydroxyl groups is 4. The Labute approximate surface area is 248 Å². The summed E-state index contributed by atoms with van der Waals surface area (Å²) in [7, 11) is -5.70. The van der Waals surface area contributed by atoms with Gasteiger partial charge in [-0.1, -0.05) is 70.4 Å². The van der Waals surface area contributed by atoms with E-state index in [0.717, 1.165) is 19.3 Å². The SMILES string of the molecule is CCCCCC[C@H](O)/C=C/[C@H](CCCCCC[C@H](CCO)C(=O)O)[C@](CCO)(C(=O)O)[C@](CCO)(C(=O)O)S(=O)(=O)O. The van der Waals surface area contributed by atoms with Crippen molar-refractivity contribution in [2.45, 2.75) is 108 Å². The summed E-state index contributed by atoms with van der Waals surface area (Å²) in [5.74, 6) is -7.28. The molecule has 14 heteroatoms. The first-order valence-electron chi connectivity index (χ1n) is 14.6. The van der Waals surface area contributed by atoms with E-state index in [4.69, 9.17) is 5.11 Å². The van der Waals surface area contributed by atoms with E-state index in [9.17, 15) is 58.0 Å². The highest BCUT2D eigenvalue weighted by molar-refractivity contribution is 7.88. The monoisotopic (exact) mass is 626 g/mol. The van der Waals surface area contributed by atoms with Crippen molar-refractivity contribution in [3.8, 4) is 0 Å². The van der Waals surface area contributed by atoms with E-state index in [2.05, 4.69) is 0 Å². The molecule has 246 valence electrons. The number of aliphatic carboxylic acids is 3. The first-order valence-corrected chi connectivity index (χ1v) is 16.0. The van der Waals surface area contributed by atoms with Crippen LogP contribution in [0.4, 0.5) is 0 Å². The highest BCUT2D eigenvalue weighted by atomic mass is 32.2. The largest absolute Gasteiger partial charge is 0.481 e. The lowest BCUT2D eigenvalue weighted by molar-refractivity contribution is -0.166. The molecule has 0 aliphatic heterocycles. The molecule has 0 spiro atoms. The van der Waals surface area contributed by atoms with Crippen molar-refractivity contribution in [3.05, 3.63) is 12.2 Å². The number of aliphatic hydroxyl groups excluding tert-OH is 4. The van der Waals surface area contributed by atoms with Crippen molar-refractivity contribution in [1.29, 1.82) is 0 Å². The molecule has 0 radical (unpaired) electrons. The van der Waals surface area contributed by atoms with Crippen LogP contribution in [0.5, 0.6) is 0 Å². The number of carboxylic acid groups (broad SMARTS) is 3. The molecule has 0 heterocycles. The average Bonchev–Trinajstić information content (AvgIpc) is 2.90. The molecule has 0 amide bonds. The van der Waals surface area contributed by atoms with E-state index in [1.165, 1.54) is 12.2 Å². The fraction of sp³-hybridized carbons (Fsp3) is 0.821. The second-order valence-corrected chi connectivity index (χ2v) is 12.4. The Bertz CT molecular complexity index is 951. The predicted octanol–water partition coefficient (Wildman–Crippen LogP) is 2.46. The van der Waals surface area contributed by atoms with Gasteiger partial charge < -0.3 is 35.7 Å². The van der Waals surface area contributed by atoms with Crippen LogP contribution >= 0.6 is 0 Å². The van der Waals surface area contributed by atoms with Crippen LogP contribution in [-0.4, -0.2) is 97.3 Å². The summed E-state index contributed by atoms with van der Waals surface area (Å²) in [6.07, 6.45) is 5.06. The molecule has 0 unspecified atom stereocenters. The molecule has 13 nitrogen and oxygen atoms in total. The van der Waals surface area contributed by atoms with Crippen molar-refractivity contribution < 1.29 is 63.1 Å². The van der Waals surface area contributed by atoms with E-state index < -0.39 is 82.2 Å². The molecule has 8 N–H and O–H groups in total. The summed E-state index contributed by atoms with van der Waals surface area (Å²) in [6, 6.07) is 0. The number of rotatable bonds is 26. The molecule has 0 aromatic rings. The van der Waals surface area contributed by atoms with Gasteiger partial charge in [0.2, 0.25) is 4.75 Å². The Morgan fingerprint density at radius 1 is 0.714 bits per heavy atom. The molecule has 0 aromatic heterocycles. The van der Waals surface area contributed by atoms with E-state index in [-0.39, 0.29) is 25.9 Å². The summed E-state index contributed by atoms with van der Waals surface area (Å²) in [5, 5.41) is 68.9. The normalized spacial score (nSPS) is 17.3. The Hall–Kier alpha value is -2.10. The molecule has 0 bridgehead atoms. The van der Waals surface area contributed by atoms with Gasteiger partial charge in [0, 0.05) is 26.2 Å². The van der Waals surface area contributed by atoms with Gasteiger partial charge >= 0.3 is 17.9 Å². The predicted molar refractivity (Wildman–Crippen MR) is 153 cm³/mol. The fourth-order valence-electron chi connectivity index (χ4n) is 5.75. The summed E-state index contributed by atoms with van der Waals surface area (Å²) < 4.78 is 32.2. The Morgan fingerprint density at radius 2 is 1.26 bits per heavy atom. The minimum Gasteiger partial charge on any atom is -0.481 e. The summed E-state index contributed by atoms with van der Waals surface area (Å²) in [6.45, 7) is -0.302. The smallest absolute Gasteiger partial charge is 0.328 e. The van der Waals surface area contributed by atoms with Gasteiger partial charge in [-0.2, -0.15) is 8.42 Å². The van der Waals surface area contributed by atoms with E-state index in [0.29, 0.717) is 38.5 Å². The summed E-state index contributed by atoms with van der Waals surface area (Å²) in [4.78, 5) is 36.8. The van der Waals surface area contributed by atoms with Gasteiger partial charge in [0.15, 0.2) is 0 Å². The molecule has 0 saturated heterocycles. The van der Waals surface area contributed by atoms with Crippen LogP contribution in [-0.2, 0) is 24.5 Å². The lowest BCUT2D eigenvalue weighted by Gasteiger charge is -2.46. The van der Waals surface area contributed by atoms with Crippen LogP contribution in [0.2, 0.25) is 0 Å². The standard InChI is InChI=1S/C28H50O13S/c1-2-3-4-9-12-23(32)14-13-22(11-8-6-5-7-10-21(15-18-29)24(33)34)27(16-19-30,25(35)36)28(17-20-31,26(37)38)42(39,40)41/h13-14,21-23,29-32H,2-12,15-20H2,1H3,(H,33,34)(H,35,36)(H,37,38)(H,39,40,41)/b14-13+/t21-,22+,23+,27-,28+/m1/s1. The lowest BCUT2D eigenvalue weighted by Crippen LogP contribution is -2.66. The number of unbranched alkanes of at least 4 members (excludes halogenated alkanes) is 6. The maximum atomic E-state index is 12.9. The molecule has 0 aliphatic rings. The molecule has 0 rings (SSSR count). The third-order valence-electron chi connectivity index (χ3n) is 8.05. The van der Waals surface area contributed by atoms with Crippen LogP contribution in [0.25, 0.3) is 0 Å². The van der Waals surface area contributed by atoms with Crippen molar-refractivity contribution in [3.63, 3.8) is 0 Å². The second-order valence-electron chi connectivity index (χ2n) is 10.8. The third kappa shape index (κ3) is 10.9. The highest BCUT2D eigenvalue weighted by Crippen LogP contribution is 2.51. The number of hydrogen-bond donors (Lipinski definition) is 8. The van der Waals surface area contributed by atoms with Gasteiger partial charge in [0.05, 0.1) is 12.0 Å². The summed E-state index contributed by atoms with van der Waals surface area (Å²) in [5.41, 5.74) is -2.84. The minimum absolute atomic E-state index is 0.100. The molecule has 0 aromatic carbocycles. The van der Waals surface area contributed by atoms with Crippen LogP contribution in [0.1, 0.15) is 96.8 Å². The Balaban J connectivity index is 6.47. The van der Waals surface area contributed by atoms with Crippen LogP contribution in [0.15, 0.2) is 12.2 Å². The van der Waals surface area contributed by atoms with Gasteiger partial charge in [-0.15, -0.1) is 0 Å². The van der Waals surface area contributed by atoms with Gasteiger partial charge in [-0.05, 0) is 38.0 Å². The molecule has 0 aliphatic carbocycles. The number of hydrogen-bond acceptors (Lipinski definition) is 9. The van der Waals surface area contributed by atoms with Crippen LogP contribution in [0, 0.1) is 17.3 Å². The average molecular weight is 627 g/mol. The molecule has 5 atom stereocenters. The second kappa shape index (κ2) is 20.0. The molecule has 0 fully saturated rings. The zero-order valence-electron chi connectivity index (χ0n) is 24.4. The van der Waals surface area contributed by atoms with Gasteiger partial charge in [0.1, 0.15) is 5.41 Å². The number of carboxylic acids is 3. The number of allylic oxidation sites excluding steroid dienone is 1. The van der Waals surface area contributed by atoms with Gasteiger partial charge in [-0.25, -0.2) is 0 Å². The van der Waals surface area contributed by atoms with Gasteiger partial charge in [0.25, 0.3) is 10.1 Å². The maximum absolute atomic E-state index is 12.9. The van der Waals surface area contributed by atoms with E-state index in [1.807, 2.05) is 6.92 Å². The van der Waals surface area contributed by atoms with Crippen LogP contribution < -0.4 is 0 Å². The molecule has 42 heavy (non-hydrogen) atoms. The third-order valence-corrected chi connectivity index (χ3v) is 9.68. The highest BCUT2D eigenvalue weighted by Gasteiger charge is 2.70. The zero-order chi connectivity index (χ0) is 32.4. The van der Waals surface area contributed by atoms with Crippen molar-refractivity contribution >= 4 is 28.0 Å².